The number of hydrogen-bond acceptors (Lipinski definition) is 7. The monoisotopic (exact) mass is 369 g/mol. The summed E-state index contributed by atoms with van der Waals surface area (Å²) in [7, 11) is 1.72. The molecule has 0 spiro atoms. The molecule has 1 amide bonds. The Morgan fingerprint density at radius 1 is 1.41 bits per heavy atom. The number of aliphatic hydroxyl groups excluding tert-OH is 1. The van der Waals surface area contributed by atoms with E-state index in [1.165, 1.54) is 16.9 Å². The summed E-state index contributed by atoms with van der Waals surface area (Å²) in [6.45, 7) is 0. The third-order valence-corrected chi connectivity index (χ3v) is 4.61. The van der Waals surface area contributed by atoms with Gasteiger partial charge in [-0.15, -0.1) is 0 Å². The van der Waals surface area contributed by atoms with Gasteiger partial charge in [-0.2, -0.15) is 9.61 Å². The quantitative estimate of drug-likeness (QED) is 0.440. The van der Waals surface area contributed by atoms with Crippen molar-refractivity contribution in [1.29, 1.82) is 0 Å². The number of pyridine rings is 1. The lowest BCUT2D eigenvalue weighted by Gasteiger charge is -2.32. The third kappa shape index (κ3) is 3.10. The highest BCUT2D eigenvalue weighted by molar-refractivity contribution is 6.00. The fourth-order valence-corrected chi connectivity index (χ4v) is 2.92. The minimum Gasteiger partial charge on any atom is -0.391 e. The van der Waals surface area contributed by atoms with Crippen molar-refractivity contribution in [2.45, 2.75) is 25.0 Å². The Labute approximate surface area is 153 Å². The van der Waals surface area contributed by atoms with Gasteiger partial charge in [-0.25, -0.2) is 4.98 Å². The van der Waals surface area contributed by atoms with Gasteiger partial charge in [0.1, 0.15) is 22.9 Å². The van der Waals surface area contributed by atoms with E-state index in [-0.39, 0.29) is 23.1 Å². The van der Waals surface area contributed by atoms with E-state index in [4.69, 9.17) is 0 Å². The van der Waals surface area contributed by atoms with Crippen molar-refractivity contribution >= 4 is 28.9 Å². The summed E-state index contributed by atoms with van der Waals surface area (Å²) >= 11 is 0. The molecule has 140 valence electrons. The number of nitrogens with zero attached hydrogens (tertiary/aromatic N) is 3. The van der Waals surface area contributed by atoms with Gasteiger partial charge in [0.2, 0.25) is 0 Å². The molecule has 10 nitrogen and oxygen atoms in total. The first kappa shape index (κ1) is 17.0. The molecule has 0 saturated heterocycles. The van der Waals surface area contributed by atoms with E-state index in [0.717, 1.165) is 6.42 Å². The van der Waals surface area contributed by atoms with Gasteiger partial charge in [-0.3, -0.25) is 9.59 Å². The third-order valence-electron chi connectivity index (χ3n) is 4.61. The van der Waals surface area contributed by atoms with Crippen molar-refractivity contribution in [3.63, 3.8) is 0 Å². The van der Waals surface area contributed by atoms with Crippen LogP contribution in [0.1, 0.15) is 23.2 Å². The molecule has 0 bridgehead atoms. The lowest BCUT2D eigenvalue weighted by Crippen LogP contribution is -2.50. The van der Waals surface area contributed by atoms with E-state index in [9.17, 15) is 14.7 Å². The number of nitrogens with one attached hydrogen (secondary N) is 4. The first-order chi connectivity index (χ1) is 13.1. The zero-order chi connectivity index (χ0) is 19.0. The molecule has 4 rings (SSSR count). The number of fused-ring (bicyclic) bond motifs is 1. The van der Waals surface area contributed by atoms with Crippen molar-refractivity contribution in [2.24, 2.45) is 0 Å². The zero-order valence-electron chi connectivity index (χ0n) is 14.6. The predicted octanol–water partition coefficient (Wildman–Crippen LogP) is 0.456. The summed E-state index contributed by atoms with van der Waals surface area (Å²) in [4.78, 5) is 31.5. The standard InChI is InChI=1S/C17H19N7O3/c1-18-14-7-13(21-11-3-2-6-19-17(11)27)23-15-9(8-20-24(14)15)16(26)22-10-4-5-12(10)25/h2-3,6-8,10,12,18,25H,4-5H2,1H3,(H,19,27)(H,21,23)(H,22,26)/t10-,12+/m0/s1. The van der Waals surface area contributed by atoms with Crippen molar-refractivity contribution in [3.05, 3.63) is 46.5 Å². The number of aromatic amines is 1. The van der Waals surface area contributed by atoms with Gasteiger partial charge in [0.15, 0.2) is 5.65 Å². The topological polar surface area (TPSA) is 136 Å². The van der Waals surface area contributed by atoms with Crippen LogP contribution in [-0.4, -0.2) is 49.8 Å². The summed E-state index contributed by atoms with van der Waals surface area (Å²) in [5.41, 5.74) is 0.675. The number of aliphatic hydroxyl groups is 1. The van der Waals surface area contributed by atoms with Crippen LogP contribution in [0.5, 0.6) is 0 Å². The number of anilines is 3. The normalized spacial score (nSPS) is 18.7. The van der Waals surface area contributed by atoms with Crippen LogP contribution in [0.15, 0.2) is 35.4 Å². The summed E-state index contributed by atoms with van der Waals surface area (Å²) in [5, 5.41) is 22.7. The van der Waals surface area contributed by atoms with E-state index < -0.39 is 6.10 Å². The fourth-order valence-electron chi connectivity index (χ4n) is 2.92. The number of hydrogen-bond donors (Lipinski definition) is 5. The Morgan fingerprint density at radius 3 is 2.93 bits per heavy atom. The van der Waals surface area contributed by atoms with E-state index in [2.05, 4.69) is 31.0 Å². The Hall–Kier alpha value is -3.40. The maximum absolute atomic E-state index is 12.6. The maximum Gasteiger partial charge on any atom is 0.271 e. The van der Waals surface area contributed by atoms with E-state index in [1.54, 1.807) is 25.2 Å². The molecule has 10 heteroatoms. The highest BCUT2D eigenvalue weighted by Crippen LogP contribution is 2.23. The fraction of sp³-hybridized carbons (Fsp3) is 0.294. The molecule has 0 unspecified atom stereocenters. The number of carbonyl (C=O) groups is 1. The van der Waals surface area contributed by atoms with Gasteiger partial charge >= 0.3 is 0 Å². The second-order valence-corrected chi connectivity index (χ2v) is 6.33. The summed E-state index contributed by atoms with van der Waals surface area (Å²) in [5.74, 6) is 0.636. The molecule has 0 aliphatic heterocycles. The first-order valence-electron chi connectivity index (χ1n) is 8.57. The maximum atomic E-state index is 12.6. The highest BCUT2D eigenvalue weighted by Gasteiger charge is 2.31. The van der Waals surface area contributed by atoms with Crippen molar-refractivity contribution in [1.82, 2.24) is 24.9 Å². The molecule has 1 saturated carbocycles. The van der Waals surface area contributed by atoms with Gasteiger partial charge in [0.05, 0.1) is 18.3 Å². The molecule has 3 aromatic heterocycles. The van der Waals surface area contributed by atoms with Crippen LogP contribution in [0.2, 0.25) is 0 Å². The molecule has 3 aromatic rings. The summed E-state index contributed by atoms with van der Waals surface area (Å²) in [6, 6.07) is 4.76. The molecule has 1 aliphatic carbocycles. The molecule has 0 aromatic carbocycles. The SMILES string of the molecule is CNc1cc(Nc2ccc[nH]c2=O)nc2c(C(=O)N[C@H]3CC[C@H]3O)cnn12. The highest BCUT2D eigenvalue weighted by atomic mass is 16.3. The van der Waals surface area contributed by atoms with Crippen LogP contribution in [0.3, 0.4) is 0 Å². The van der Waals surface area contributed by atoms with Crippen LogP contribution in [0.4, 0.5) is 17.3 Å². The molecule has 2 atom stereocenters. The van der Waals surface area contributed by atoms with Crippen LogP contribution in [0, 0.1) is 0 Å². The number of carbonyl (C=O) groups excluding carboxylic acids is 1. The second-order valence-electron chi connectivity index (χ2n) is 6.33. The van der Waals surface area contributed by atoms with Crippen LogP contribution in [-0.2, 0) is 0 Å². The zero-order valence-corrected chi connectivity index (χ0v) is 14.6. The van der Waals surface area contributed by atoms with Crippen LogP contribution in [0.25, 0.3) is 5.65 Å². The molecule has 1 fully saturated rings. The molecule has 27 heavy (non-hydrogen) atoms. The predicted molar refractivity (Wildman–Crippen MR) is 99.4 cm³/mol. The van der Waals surface area contributed by atoms with Crippen molar-refractivity contribution in [3.8, 4) is 0 Å². The van der Waals surface area contributed by atoms with Crippen LogP contribution >= 0.6 is 0 Å². The molecular weight excluding hydrogens is 350 g/mol. The van der Waals surface area contributed by atoms with Crippen molar-refractivity contribution in [2.75, 3.05) is 17.7 Å². The van der Waals surface area contributed by atoms with Gasteiger partial charge in [0, 0.05) is 19.3 Å². The number of H-pyrrole nitrogens is 1. The van der Waals surface area contributed by atoms with Crippen molar-refractivity contribution < 1.29 is 9.90 Å². The average Bonchev–Trinajstić information content (AvgIpc) is 3.10. The minimum atomic E-state index is -0.515. The average molecular weight is 369 g/mol. The summed E-state index contributed by atoms with van der Waals surface area (Å²) < 4.78 is 1.51. The second kappa shape index (κ2) is 6.72. The number of amides is 1. The summed E-state index contributed by atoms with van der Waals surface area (Å²) in [6.07, 6.45) is 3.88. The molecule has 1 aliphatic rings. The number of aromatic nitrogens is 4. The lowest BCUT2D eigenvalue weighted by molar-refractivity contribution is 0.0448. The Balaban J connectivity index is 1.70. The Morgan fingerprint density at radius 2 is 2.26 bits per heavy atom. The van der Waals surface area contributed by atoms with Gasteiger partial charge in [0.25, 0.3) is 11.5 Å². The molecule has 3 heterocycles. The van der Waals surface area contributed by atoms with E-state index >= 15 is 0 Å². The Kier molecular flexibility index (Phi) is 4.24. The lowest BCUT2D eigenvalue weighted by atomic mass is 9.89. The van der Waals surface area contributed by atoms with E-state index in [1.807, 2.05) is 0 Å². The van der Waals surface area contributed by atoms with Crippen LogP contribution < -0.4 is 21.5 Å². The first-order valence-corrected chi connectivity index (χ1v) is 8.57. The van der Waals surface area contributed by atoms with Gasteiger partial charge in [-0.1, -0.05) is 0 Å². The smallest absolute Gasteiger partial charge is 0.271 e. The molecule has 0 radical (unpaired) electrons. The van der Waals surface area contributed by atoms with Gasteiger partial charge in [-0.05, 0) is 25.0 Å². The van der Waals surface area contributed by atoms with Gasteiger partial charge < -0.3 is 26.0 Å². The van der Waals surface area contributed by atoms with E-state index in [0.29, 0.717) is 29.4 Å². The largest absolute Gasteiger partial charge is 0.391 e. The molecular formula is C17H19N7O3. The Bertz CT molecular complexity index is 1060. The minimum absolute atomic E-state index is 0.250. The molecule has 5 N–H and O–H groups in total. The number of rotatable bonds is 5.